The highest BCUT2D eigenvalue weighted by molar-refractivity contribution is 7.91. The number of ether oxygens (including phenoxy) is 2. The molecule has 3 aliphatic heterocycles. The molecule has 7 rings (SSSR count). The molecule has 3 fully saturated rings. The molecule has 54 heavy (non-hydrogen) atoms. The fourth-order valence-corrected chi connectivity index (χ4v) is 9.49. The number of rotatable bonds is 3. The van der Waals surface area contributed by atoms with Crippen molar-refractivity contribution in [2.75, 3.05) is 19.8 Å². The number of fused-ring (bicyclic) bond motifs is 8. The molecule has 0 unspecified atom stereocenters. The Hall–Kier alpha value is -4.51. The number of benzene rings is 1. The number of alkyl carbamates (subject to hydrolysis) is 1. The summed E-state index contributed by atoms with van der Waals surface area (Å²) < 4.78 is 39.2. The summed E-state index contributed by atoms with van der Waals surface area (Å²) in [5.74, 6) is -2.18. The summed E-state index contributed by atoms with van der Waals surface area (Å²) in [6.45, 7) is 0.566. The van der Waals surface area contributed by atoms with E-state index in [-0.39, 0.29) is 26.0 Å². The monoisotopic (exact) mass is 782 g/mol. The van der Waals surface area contributed by atoms with Crippen LogP contribution in [-0.2, 0) is 29.1 Å². The number of aromatic nitrogens is 1. The van der Waals surface area contributed by atoms with E-state index in [1.165, 1.54) is 22.4 Å². The molecule has 2 aliphatic carbocycles. The van der Waals surface area contributed by atoms with Crippen molar-refractivity contribution in [2.45, 2.75) is 106 Å². The van der Waals surface area contributed by atoms with Gasteiger partial charge in [-0.25, -0.2) is 18.2 Å². The summed E-state index contributed by atoms with van der Waals surface area (Å²) in [5.41, 5.74) is -0.731. The molecular formula is C37H46N6O9S2. The number of carbonyl (C=O) groups is 5. The third-order valence-electron chi connectivity index (χ3n) is 10.6. The molecule has 5 atom stereocenters. The van der Waals surface area contributed by atoms with Gasteiger partial charge in [0.1, 0.15) is 33.3 Å². The van der Waals surface area contributed by atoms with Gasteiger partial charge < -0.3 is 30.3 Å². The number of cyclic esters (lactones) is 1. The summed E-state index contributed by atoms with van der Waals surface area (Å²) in [7, 11) is -3.90. The number of nitrogens with zero attached hydrogens (tertiary/aromatic N) is 2. The predicted molar refractivity (Wildman–Crippen MR) is 198 cm³/mol. The van der Waals surface area contributed by atoms with Gasteiger partial charge in [-0.15, -0.1) is 11.3 Å². The summed E-state index contributed by atoms with van der Waals surface area (Å²) in [5, 5.41) is 8.52. The van der Waals surface area contributed by atoms with Gasteiger partial charge in [-0.3, -0.25) is 23.9 Å². The van der Waals surface area contributed by atoms with Crippen LogP contribution >= 0.6 is 11.3 Å². The Bertz CT molecular complexity index is 1910. The zero-order valence-corrected chi connectivity index (χ0v) is 31.6. The Morgan fingerprint density at radius 3 is 2.59 bits per heavy atom. The second-order valence-electron chi connectivity index (χ2n) is 14.7. The first-order valence-corrected chi connectivity index (χ1v) is 21.2. The maximum atomic E-state index is 14.4. The number of carbonyl (C=O) groups excluding carboxylic acids is 5. The standard InChI is InChI=1S/C37H46N6O9S2/c44-31-29-19-25-22-43(29)34(46)28(13-6-3-1-2-5-11-24-20-37(24,41-31)35(47)42-54(49,50)27-14-15-27)40-36(48)52-17-8-4-7-16-51-26-12-9-10-23(18-26)33-38-21-30(53-33)32(45)39-25/h5,9-12,18,21,24-25,27-29H,1-4,6-8,13-17,19-20,22H2,(H,39,45)(H,40,48)(H,41,44)(H,42,47)/b11-5-/t24-,25+,28-,29-,37+/m0/s1. The van der Waals surface area contributed by atoms with E-state index in [0.29, 0.717) is 60.8 Å². The molecule has 0 spiro atoms. The lowest BCUT2D eigenvalue weighted by Gasteiger charge is -2.30. The molecule has 2 aromatic rings. The van der Waals surface area contributed by atoms with Crippen molar-refractivity contribution in [3.05, 3.63) is 47.5 Å². The number of hydrogen-bond donors (Lipinski definition) is 4. The van der Waals surface area contributed by atoms with E-state index in [2.05, 4.69) is 25.7 Å². The number of sulfonamides is 1. The van der Waals surface area contributed by atoms with Crippen molar-refractivity contribution in [2.24, 2.45) is 5.92 Å². The van der Waals surface area contributed by atoms with Crippen LogP contribution in [0.15, 0.2) is 42.6 Å². The van der Waals surface area contributed by atoms with Crippen molar-refractivity contribution in [1.29, 1.82) is 0 Å². The summed E-state index contributed by atoms with van der Waals surface area (Å²) >= 11 is 1.20. The van der Waals surface area contributed by atoms with Crippen molar-refractivity contribution in [3.8, 4) is 16.3 Å². The minimum absolute atomic E-state index is 0.0180. The number of allylic oxidation sites excluding steroid dienone is 1. The molecular weight excluding hydrogens is 737 g/mol. The van der Waals surface area contributed by atoms with E-state index in [0.717, 1.165) is 31.2 Å². The van der Waals surface area contributed by atoms with E-state index in [1.807, 2.05) is 36.4 Å². The van der Waals surface area contributed by atoms with Gasteiger partial charge in [0, 0.05) is 24.1 Å². The molecule has 17 heteroatoms. The summed E-state index contributed by atoms with van der Waals surface area (Å²) in [6.07, 6.45) is 10.9. The van der Waals surface area contributed by atoms with Gasteiger partial charge in [0.2, 0.25) is 21.8 Å². The van der Waals surface area contributed by atoms with Crippen LogP contribution in [-0.4, -0.2) is 96.7 Å². The highest BCUT2D eigenvalue weighted by Crippen LogP contribution is 2.46. The van der Waals surface area contributed by atoms with Crippen LogP contribution in [0.25, 0.3) is 10.6 Å². The van der Waals surface area contributed by atoms with E-state index in [4.69, 9.17) is 9.47 Å². The van der Waals surface area contributed by atoms with Crippen LogP contribution in [0.4, 0.5) is 4.79 Å². The summed E-state index contributed by atoms with van der Waals surface area (Å²) in [6, 6.07) is 4.63. The first-order valence-electron chi connectivity index (χ1n) is 18.8. The fourth-order valence-electron chi connectivity index (χ4n) is 7.31. The normalized spacial score (nSPS) is 29.2. The zero-order chi connectivity index (χ0) is 37.9. The lowest BCUT2D eigenvalue weighted by molar-refractivity contribution is -0.141. The first-order chi connectivity index (χ1) is 26.0. The Morgan fingerprint density at radius 2 is 1.78 bits per heavy atom. The topological polar surface area (TPSA) is 202 Å². The molecule has 7 bridgehead atoms. The highest BCUT2D eigenvalue weighted by atomic mass is 32.2. The van der Waals surface area contributed by atoms with Gasteiger partial charge in [0.15, 0.2) is 0 Å². The molecule has 15 nitrogen and oxygen atoms in total. The minimum atomic E-state index is -3.90. The van der Waals surface area contributed by atoms with Crippen LogP contribution in [0.5, 0.6) is 5.75 Å². The average molecular weight is 783 g/mol. The van der Waals surface area contributed by atoms with Gasteiger partial charge >= 0.3 is 6.09 Å². The second kappa shape index (κ2) is 16.1. The predicted octanol–water partition coefficient (Wildman–Crippen LogP) is 3.17. The molecule has 2 saturated carbocycles. The third-order valence-corrected chi connectivity index (χ3v) is 13.5. The molecule has 1 aromatic carbocycles. The molecule has 4 N–H and O–H groups in total. The number of nitrogens with one attached hydrogen (secondary N) is 4. The van der Waals surface area contributed by atoms with Gasteiger partial charge in [-0.05, 0) is 76.3 Å². The Labute approximate surface area is 318 Å². The van der Waals surface area contributed by atoms with Crippen LogP contribution in [0.3, 0.4) is 0 Å². The third kappa shape index (κ3) is 8.72. The molecule has 5 aliphatic rings. The molecule has 4 heterocycles. The van der Waals surface area contributed by atoms with Gasteiger partial charge in [0.05, 0.1) is 24.7 Å². The second-order valence-corrected chi connectivity index (χ2v) is 17.7. The quantitative estimate of drug-likeness (QED) is 0.335. The summed E-state index contributed by atoms with van der Waals surface area (Å²) in [4.78, 5) is 75.0. The molecule has 1 saturated heterocycles. The van der Waals surface area contributed by atoms with Gasteiger partial charge in [0.25, 0.3) is 11.8 Å². The lowest BCUT2D eigenvalue weighted by atomic mass is 10.0. The van der Waals surface area contributed by atoms with E-state index in [1.54, 1.807) is 0 Å². The van der Waals surface area contributed by atoms with Crippen molar-refractivity contribution < 1.29 is 41.9 Å². The minimum Gasteiger partial charge on any atom is -0.494 e. The lowest BCUT2D eigenvalue weighted by Crippen LogP contribution is -2.58. The van der Waals surface area contributed by atoms with Crippen molar-refractivity contribution in [3.63, 3.8) is 0 Å². The maximum Gasteiger partial charge on any atom is 0.407 e. The molecule has 5 amide bonds. The zero-order valence-electron chi connectivity index (χ0n) is 29.9. The van der Waals surface area contributed by atoms with E-state index < -0.39 is 74.6 Å². The van der Waals surface area contributed by atoms with Gasteiger partial charge in [-0.1, -0.05) is 37.1 Å². The highest BCUT2D eigenvalue weighted by Gasteiger charge is 2.62. The van der Waals surface area contributed by atoms with E-state index in [9.17, 15) is 32.4 Å². The number of amides is 5. The largest absolute Gasteiger partial charge is 0.494 e. The maximum absolute atomic E-state index is 14.4. The SMILES string of the molecule is O=C1N[C@H]2CCCCC/C=C\[C@H]3C[C@@]3(C(=O)NS(=O)(=O)C3CC3)NC(=O)[C@@H]3C[C@H](CN3C2=O)NC(=O)c2cnc(s2)-c2cccc(c2)OCCCCCO1. The van der Waals surface area contributed by atoms with Gasteiger partial charge in [-0.2, -0.15) is 0 Å². The van der Waals surface area contributed by atoms with Crippen LogP contribution in [0, 0.1) is 5.92 Å². The fraction of sp³-hybridized carbons (Fsp3) is 0.568. The first kappa shape index (κ1) is 37.8. The smallest absolute Gasteiger partial charge is 0.407 e. The van der Waals surface area contributed by atoms with Crippen molar-refractivity contribution >= 4 is 51.1 Å². The van der Waals surface area contributed by atoms with Crippen LogP contribution < -0.4 is 25.4 Å². The molecule has 1 aromatic heterocycles. The van der Waals surface area contributed by atoms with Crippen molar-refractivity contribution in [1.82, 2.24) is 30.6 Å². The Kier molecular flexibility index (Phi) is 11.2. The number of thiazole rings is 1. The number of hydrogen-bond acceptors (Lipinski definition) is 11. The Morgan fingerprint density at radius 1 is 0.981 bits per heavy atom. The molecule has 0 radical (unpaired) electrons. The van der Waals surface area contributed by atoms with E-state index >= 15 is 0 Å². The average Bonchev–Trinajstić information content (AvgIpc) is 4.02. The Balaban J connectivity index is 1.17. The molecule has 290 valence electrons. The van der Waals surface area contributed by atoms with Crippen LogP contribution in [0.2, 0.25) is 0 Å². The van der Waals surface area contributed by atoms with Crippen LogP contribution in [0.1, 0.15) is 86.7 Å².